The first-order valence-corrected chi connectivity index (χ1v) is 8.17. The first kappa shape index (κ1) is 18.5. The van der Waals surface area contributed by atoms with Crippen molar-refractivity contribution in [2.45, 2.75) is 33.7 Å². The lowest BCUT2D eigenvalue weighted by Gasteiger charge is -2.10. The molecule has 0 saturated heterocycles. The van der Waals surface area contributed by atoms with E-state index in [9.17, 15) is 4.79 Å². The van der Waals surface area contributed by atoms with Crippen LogP contribution in [0.3, 0.4) is 0 Å². The lowest BCUT2D eigenvalue weighted by atomic mass is 10.2. The van der Waals surface area contributed by atoms with E-state index in [4.69, 9.17) is 9.47 Å². The van der Waals surface area contributed by atoms with E-state index in [0.717, 1.165) is 23.4 Å². The van der Waals surface area contributed by atoms with Gasteiger partial charge in [-0.3, -0.25) is 9.48 Å². The van der Waals surface area contributed by atoms with Gasteiger partial charge in [-0.1, -0.05) is 6.92 Å². The maximum Gasteiger partial charge on any atom is 0.261 e. The summed E-state index contributed by atoms with van der Waals surface area (Å²) in [5.74, 6) is 1.08. The molecule has 0 aliphatic rings. The zero-order chi connectivity index (χ0) is 18.2. The average Bonchev–Trinajstić information content (AvgIpc) is 2.90. The van der Waals surface area contributed by atoms with Crippen molar-refractivity contribution < 1.29 is 14.3 Å². The summed E-state index contributed by atoms with van der Waals surface area (Å²) in [5, 5.41) is 8.23. The number of hydrazone groups is 1. The van der Waals surface area contributed by atoms with Crippen molar-refractivity contribution in [1.29, 1.82) is 0 Å². The van der Waals surface area contributed by atoms with Gasteiger partial charge in [0, 0.05) is 5.69 Å². The van der Waals surface area contributed by atoms with E-state index in [-0.39, 0.29) is 12.5 Å². The van der Waals surface area contributed by atoms with E-state index in [1.54, 1.807) is 18.0 Å². The predicted molar refractivity (Wildman–Crippen MR) is 96.2 cm³/mol. The second-order valence-corrected chi connectivity index (χ2v) is 5.64. The van der Waals surface area contributed by atoms with Gasteiger partial charge in [-0.05, 0) is 50.1 Å². The highest BCUT2D eigenvalue weighted by molar-refractivity contribution is 5.83. The molecule has 0 unspecified atom stereocenters. The number of aromatic nitrogens is 2. The Morgan fingerprint density at radius 1 is 1.32 bits per heavy atom. The van der Waals surface area contributed by atoms with Crippen molar-refractivity contribution in [3.8, 4) is 11.5 Å². The fourth-order valence-corrected chi connectivity index (χ4v) is 2.28. The summed E-state index contributed by atoms with van der Waals surface area (Å²) in [7, 11) is 1.59. The van der Waals surface area contributed by atoms with Gasteiger partial charge in [0.1, 0.15) is 6.54 Å². The topological polar surface area (TPSA) is 77.7 Å². The van der Waals surface area contributed by atoms with Gasteiger partial charge >= 0.3 is 0 Å². The van der Waals surface area contributed by atoms with Crippen LogP contribution in [0.15, 0.2) is 29.4 Å². The molecular weight excluding hydrogens is 320 g/mol. The molecule has 0 spiro atoms. The second-order valence-electron chi connectivity index (χ2n) is 5.64. The SMILES string of the molecule is CCCOc1ccc(/C=N/NC(=O)Cn2nc(C)cc2C)cc1OC. The van der Waals surface area contributed by atoms with Crippen LogP contribution in [0.1, 0.15) is 30.3 Å². The van der Waals surface area contributed by atoms with Gasteiger partial charge in [0.05, 0.1) is 25.6 Å². The van der Waals surface area contributed by atoms with Crippen LogP contribution in [0, 0.1) is 13.8 Å². The minimum Gasteiger partial charge on any atom is -0.493 e. The van der Waals surface area contributed by atoms with Crippen molar-refractivity contribution in [2.75, 3.05) is 13.7 Å². The largest absolute Gasteiger partial charge is 0.493 e. The van der Waals surface area contributed by atoms with Gasteiger partial charge in [0.2, 0.25) is 0 Å². The smallest absolute Gasteiger partial charge is 0.261 e. The zero-order valence-corrected chi connectivity index (χ0v) is 15.1. The minimum atomic E-state index is -0.239. The molecule has 134 valence electrons. The van der Waals surface area contributed by atoms with Crippen LogP contribution < -0.4 is 14.9 Å². The monoisotopic (exact) mass is 344 g/mol. The number of nitrogens with one attached hydrogen (secondary N) is 1. The first-order valence-electron chi connectivity index (χ1n) is 8.17. The zero-order valence-electron chi connectivity index (χ0n) is 15.1. The minimum absolute atomic E-state index is 0.129. The number of hydrogen-bond acceptors (Lipinski definition) is 5. The van der Waals surface area contributed by atoms with Crippen molar-refractivity contribution in [3.63, 3.8) is 0 Å². The highest BCUT2D eigenvalue weighted by atomic mass is 16.5. The number of benzene rings is 1. The molecule has 0 atom stereocenters. The number of carbonyl (C=O) groups excluding carboxylic acids is 1. The van der Waals surface area contributed by atoms with E-state index in [1.807, 2.05) is 45.0 Å². The average molecular weight is 344 g/mol. The molecule has 2 rings (SSSR count). The van der Waals surface area contributed by atoms with E-state index >= 15 is 0 Å². The fraction of sp³-hybridized carbons (Fsp3) is 0.389. The standard InChI is InChI=1S/C18H24N4O3/c1-5-8-25-16-7-6-15(10-17(16)24-4)11-19-20-18(23)12-22-14(3)9-13(2)21-22/h6-7,9-11H,5,8,12H2,1-4H3,(H,20,23)/b19-11+. The second kappa shape index (κ2) is 8.86. The number of amides is 1. The number of nitrogens with zero attached hydrogens (tertiary/aromatic N) is 3. The number of aryl methyl sites for hydroxylation is 2. The van der Waals surface area contributed by atoms with Crippen LogP contribution in [0.4, 0.5) is 0 Å². The molecule has 7 nitrogen and oxygen atoms in total. The van der Waals surface area contributed by atoms with Crippen molar-refractivity contribution in [2.24, 2.45) is 5.10 Å². The molecule has 1 amide bonds. The van der Waals surface area contributed by atoms with Crippen LogP contribution in [0.5, 0.6) is 11.5 Å². The molecule has 0 bridgehead atoms. The molecule has 2 aromatic rings. The lowest BCUT2D eigenvalue weighted by Crippen LogP contribution is -2.24. The summed E-state index contributed by atoms with van der Waals surface area (Å²) in [5.41, 5.74) is 5.11. The van der Waals surface area contributed by atoms with Crippen LogP contribution in [0.25, 0.3) is 0 Å². The normalized spacial score (nSPS) is 10.9. The molecule has 1 N–H and O–H groups in total. The third kappa shape index (κ3) is 5.34. The van der Waals surface area contributed by atoms with E-state index in [2.05, 4.69) is 15.6 Å². The predicted octanol–water partition coefficient (Wildman–Crippen LogP) is 2.45. The van der Waals surface area contributed by atoms with Gasteiger partial charge < -0.3 is 9.47 Å². The van der Waals surface area contributed by atoms with Crippen LogP contribution in [-0.4, -0.2) is 35.6 Å². The Labute approximate surface area is 147 Å². The molecule has 7 heteroatoms. The van der Waals surface area contributed by atoms with Gasteiger partial charge in [-0.2, -0.15) is 10.2 Å². The van der Waals surface area contributed by atoms with Gasteiger partial charge in [0.15, 0.2) is 11.5 Å². The summed E-state index contributed by atoms with van der Waals surface area (Å²) in [6, 6.07) is 7.41. The summed E-state index contributed by atoms with van der Waals surface area (Å²) >= 11 is 0. The van der Waals surface area contributed by atoms with Crippen molar-refractivity contribution >= 4 is 12.1 Å². The molecule has 0 aliphatic carbocycles. The molecule has 1 heterocycles. The summed E-state index contributed by atoms with van der Waals surface area (Å²) in [6.45, 7) is 6.60. The summed E-state index contributed by atoms with van der Waals surface area (Å²) in [6.07, 6.45) is 2.48. The first-order chi connectivity index (χ1) is 12.0. The molecule has 0 aliphatic heterocycles. The Kier molecular flexibility index (Phi) is 6.56. The number of carbonyl (C=O) groups is 1. The van der Waals surface area contributed by atoms with Crippen LogP contribution in [0.2, 0.25) is 0 Å². The fourth-order valence-electron chi connectivity index (χ4n) is 2.28. The van der Waals surface area contributed by atoms with Crippen molar-refractivity contribution in [3.05, 3.63) is 41.2 Å². The Morgan fingerprint density at radius 3 is 2.76 bits per heavy atom. The Balaban J connectivity index is 1.94. The number of hydrogen-bond donors (Lipinski definition) is 1. The quantitative estimate of drug-likeness (QED) is 0.589. The maximum atomic E-state index is 11.9. The molecule has 0 fully saturated rings. The highest BCUT2D eigenvalue weighted by Crippen LogP contribution is 2.27. The summed E-state index contributed by atoms with van der Waals surface area (Å²) < 4.78 is 12.6. The van der Waals surface area contributed by atoms with Gasteiger partial charge in [-0.15, -0.1) is 0 Å². The van der Waals surface area contributed by atoms with E-state index in [1.165, 1.54) is 0 Å². The highest BCUT2D eigenvalue weighted by Gasteiger charge is 2.07. The van der Waals surface area contributed by atoms with Crippen LogP contribution >= 0.6 is 0 Å². The Bertz CT molecular complexity index is 753. The van der Waals surface area contributed by atoms with E-state index in [0.29, 0.717) is 18.1 Å². The van der Waals surface area contributed by atoms with Crippen LogP contribution in [-0.2, 0) is 11.3 Å². The van der Waals surface area contributed by atoms with E-state index < -0.39 is 0 Å². The molecule has 1 aromatic carbocycles. The molecule has 0 radical (unpaired) electrons. The third-order valence-electron chi connectivity index (χ3n) is 3.45. The Morgan fingerprint density at radius 2 is 2.12 bits per heavy atom. The number of methoxy groups -OCH3 is 1. The molecule has 0 saturated carbocycles. The third-order valence-corrected chi connectivity index (χ3v) is 3.45. The number of rotatable bonds is 8. The molecule has 25 heavy (non-hydrogen) atoms. The molecular formula is C18H24N4O3. The maximum absolute atomic E-state index is 11.9. The lowest BCUT2D eigenvalue weighted by molar-refractivity contribution is -0.121. The molecule has 1 aromatic heterocycles. The van der Waals surface area contributed by atoms with Gasteiger partial charge in [0.25, 0.3) is 5.91 Å². The number of ether oxygens (including phenoxy) is 2. The Hall–Kier alpha value is -2.83. The van der Waals surface area contributed by atoms with Gasteiger partial charge in [-0.25, -0.2) is 5.43 Å². The van der Waals surface area contributed by atoms with Crippen molar-refractivity contribution in [1.82, 2.24) is 15.2 Å². The summed E-state index contributed by atoms with van der Waals surface area (Å²) in [4.78, 5) is 11.9.